The van der Waals surface area contributed by atoms with Crippen LogP contribution in [0.5, 0.6) is 0 Å². The first-order valence-corrected chi connectivity index (χ1v) is 6.59. The van der Waals surface area contributed by atoms with Gasteiger partial charge < -0.3 is 9.47 Å². The molecule has 1 aliphatic heterocycles. The third-order valence-electron chi connectivity index (χ3n) is 4.09. The molecule has 1 saturated heterocycles. The average Bonchev–Trinajstić information content (AvgIpc) is 2.85. The first kappa shape index (κ1) is 12.2. The summed E-state index contributed by atoms with van der Waals surface area (Å²) in [5, 5.41) is 0. The topological polar surface area (TPSA) is 52.6 Å². The lowest BCUT2D eigenvalue weighted by molar-refractivity contribution is -0.252. The van der Waals surface area contributed by atoms with Crippen LogP contribution in [0.4, 0.5) is 0 Å². The van der Waals surface area contributed by atoms with Crippen molar-refractivity contribution in [3.8, 4) is 0 Å². The predicted octanol–water partition coefficient (Wildman–Crippen LogP) is 2.31. The number of carbonyl (C=O) groups is 2. The zero-order chi connectivity index (χ0) is 13.5. The van der Waals surface area contributed by atoms with Crippen LogP contribution in [0.2, 0.25) is 0 Å². The van der Waals surface area contributed by atoms with Gasteiger partial charge in [0.05, 0.1) is 0 Å². The van der Waals surface area contributed by atoms with E-state index < -0.39 is 23.1 Å². The minimum atomic E-state index is -1.35. The molecule has 4 heteroatoms. The Morgan fingerprint density at radius 2 is 1.47 bits per heavy atom. The highest BCUT2D eigenvalue weighted by Gasteiger charge is 2.57. The van der Waals surface area contributed by atoms with Crippen molar-refractivity contribution >= 4 is 11.9 Å². The summed E-state index contributed by atoms with van der Waals surface area (Å²) < 4.78 is 11.0. The van der Waals surface area contributed by atoms with Crippen molar-refractivity contribution in [3.05, 3.63) is 35.9 Å². The van der Waals surface area contributed by atoms with Gasteiger partial charge in [-0.05, 0) is 25.3 Å². The molecule has 1 aromatic carbocycles. The van der Waals surface area contributed by atoms with Gasteiger partial charge >= 0.3 is 11.9 Å². The van der Waals surface area contributed by atoms with Crippen LogP contribution in [0.25, 0.3) is 0 Å². The molecule has 19 heavy (non-hydrogen) atoms. The van der Waals surface area contributed by atoms with Crippen LogP contribution in [0.1, 0.15) is 38.2 Å². The first-order valence-electron chi connectivity index (χ1n) is 6.59. The molecule has 0 N–H and O–H groups in total. The zero-order valence-corrected chi connectivity index (χ0v) is 10.8. The SMILES string of the molecule is CC1(c2ccccc2)C(=O)OC2(CCCC2)OC1=O. The maximum absolute atomic E-state index is 12.4. The average molecular weight is 260 g/mol. The lowest BCUT2D eigenvalue weighted by atomic mass is 9.81. The maximum Gasteiger partial charge on any atom is 0.331 e. The minimum Gasteiger partial charge on any atom is -0.421 e. The van der Waals surface area contributed by atoms with E-state index in [-0.39, 0.29) is 0 Å². The number of hydrogen-bond donors (Lipinski definition) is 0. The monoisotopic (exact) mass is 260 g/mol. The van der Waals surface area contributed by atoms with Gasteiger partial charge in [-0.25, -0.2) is 0 Å². The zero-order valence-electron chi connectivity index (χ0n) is 10.8. The Morgan fingerprint density at radius 3 is 2.00 bits per heavy atom. The quantitative estimate of drug-likeness (QED) is 0.574. The number of carbonyl (C=O) groups excluding carboxylic acids is 2. The molecule has 100 valence electrons. The number of benzene rings is 1. The van der Waals surface area contributed by atoms with E-state index in [0.29, 0.717) is 18.4 Å². The Kier molecular flexibility index (Phi) is 2.62. The van der Waals surface area contributed by atoms with Crippen LogP contribution in [0.15, 0.2) is 30.3 Å². The van der Waals surface area contributed by atoms with E-state index in [0.717, 1.165) is 12.8 Å². The van der Waals surface area contributed by atoms with Crippen LogP contribution >= 0.6 is 0 Å². The maximum atomic E-state index is 12.4. The summed E-state index contributed by atoms with van der Waals surface area (Å²) in [5.41, 5.74) is -0.743. The minimum absolute atomic E-state index is 0.503. The highest BCUT2D eigenvalue weighted by atomic mass is 16.7. The summed E-state index contributed by atoms with van der Waals surface area (Å²) in [5.74, 6) is -2.00. The Hall–Kier alpha value is -1.84. The fourth-order valence-corrected chi connectivity index (χ4v) is 2.77. The molecular weight excluding hydrogens is 244 g/mol. The predicted molar refractivity (Wildman–Crippen MR) is 67.2 cm³/mol. The number of ether oxygens (including phenoxy) is 2. The van der Waals surface area contributed by atoms with Crippen molar-refractivity contribution in [1.82, 2.24) is 0 Å². The second kappa shape index (κ2) is 4.08. The van der Waals surface area contributed by atoms with Gasteiger partial charge in [0.2, 0.25) is 0 Å². The standard InChI is InChI=1S/C15H16O4/c1-14(11-7-3-2-4-8-11)12(16)18-15(19-13(14)17)9-5-6-10-15/h2-4,7-8H,5-6,9-10H2,1H3. The van der Waals surface area contributed by atoms with Gasteiger partial charge in [-0.15, -0.1) is 0 Å². The molecule has 1 aromatic rings. The smallest absolute Gasteiger partial charge is 0.331 e. The van der Waals surface area contributed by atoms with E-state index in [2.05, 4.69) is 0 Å². The Bertz CT molecular complexity index is 494. The summed E-state index contributed by atoms with van der Waals surface area (Å²) in [6.07, 6.45) is 3.05. The lowest BCUT2D eigenvalue weighted by Crippen LogP contribution is -2.56. The second-order valence-corrected chi connectivity index (χ2v) is 5.39. The van der Waals surface area contributed by atoms with Crippen LogP contribution in [-0.4, -0.2) is 17.7 Å². The van der Waals surface area contributed by atoms with Crippen LogP contribution in [0, 0.1) is 0 Å². The van der Waals surface area contributed by atoms with E-state index >= 15 is 0 Å². The summed E-state index contributed by atoms with van der Waals surface area (Å²) >= 11 is 0. The Morgan fingerprint density at radius 1 is 0.947 bits per heavy atom. The molecule has 0 radical (unpaired) electrons. The molecule has 0 bridgehead atoms. The Labute approximate surface area is 111 Å². The molecule has 1 saturated carbocycles. The summed E-state index contributed by atoms with van der Waals surface area (Å²) in [7, 11) is 0. The van der Waals surface area contributed by atoms with Crippen LogP contribution in [0.3, 0.4) is 0 Å². The van der Waals surface area contributed by atoms with Gasteiger partial charge in [0.15, 0.2) is 5.41 Å². The highest BCUT2D eigenvalue weighted by Crippen LogP contribution is 2.43. The van der Waals surface area contributed by atoms with E-state index in [9.17, 15) is 9.59 Å². The lowest BCUT2D eigenvalue weighted by Gasteiger charge is -2.40. The number of hydrogen-bond acceptors (Lipinski definition) is 4. The molecule has 3 rings (SSSR count). The molecule has 0 unspecified atom stereocenters. The number of esters is 2. The largest absolute Gasteiger partial charge is 0.421 e. The second-order valence-electron chi connectivity index (χ2n) is 5.39. The third kappa shape index (κ3) is 1.74. The van der Waals surface area contributed by atoms with Gasteiger partial charge in [-0.3, -0.25) is 9.59 Å². The fraction of sp³-hybridized carbons (Fsp3) is 0.467. The van der Waals surface area contributed by atoms with Crippen LogP contribution in [-0.2, 0) is 24.5 Å². The van der Waals surface area contributed by atoms with Crippen molar-refractivity contribution < 1.29 is 19.1 Å². The third-order valence-corrected chi connectivity index (χ3v) is 4.09. The first-order chi connectivity index (χ1) is 9.07. The molecule has 1 aliphatic carbocycles. The Balaban J connectivity index is 1.96. The fourth-order valence-electron chi connectivity index (χ4n) is 2.77. The highest BCUT2D eigenvalue weighted by molar-refractivity contribution is 6.07. The van der Waals surface area contributed by atoms with E-state index in [1.807, 2.05) is 6.07 Å². The van der Waals surface area contributed by atoms with Crippen molar-refractivity contribution in [3.63, 3.8) is 0 Å². The summed E-state index contributed by atoms with van der Waals surface area (Å²) in [4.78, 5) is 24.7. The van der Waals surface area contributed by atoms with Gasteiger partial charge in [-0.2, -0.15) is 0 Å². The van der Waals surface area contributed by atoms with E-state index in [1.165, 1.54) is 0 Å². The molecular formula is C15H16O4. The number of rotatable bonds is 1. The van der Waals surface area contributed by atoms with Gasteiger partial charge in [0, 0.05) is 12.8 Å². The van der Waals surface area contributed by atoms with Crippen molar-refractivity contribution in [2.45, 2.75) is 43.8 Å². The molecule has 0 aromatic heterocycles. The normalized spacial score (nSPS) is 24.1. The van der Waals surface area contributed by atoms with Gasteiger partial charge in [-0.1, -0.05) is 30.3 Å². The van der Waals surface area contributed by atoms with Crippen molar-refractivity contribution in [1.29, 1.82) is 0 Å². The summed E-state index contributed by atoms with van der Waals surface area (Å²) in [6, 6.07) is 8.91. The van der Waals surface area contributed by atoms with Crippen molar-refractivity contribution in [2.75, 3.05) is 0 Å². The molecule has 2 aliphatic rings. The molecule has 0 amide bonds. The molecule has 1 spiro atoms. The molecule has 4 nitrogen and oxygen atoms in total. The summed E-state index contributed by atoms with van der Waals surface area (Å²) in [6.45, 7) is 1.56. The van der Waals surface area contributed by atoms with Crippen molar-refractivity contribution in [2.24, 2.45) is 0 Å². The molecule has 0 atom stereocenters. The van der Waals surface area contributed by atoms with Gasteiger partial charge in [0.1, 0.15) is 0 Å². The molecule has 1 heterocycles. The van der Waals surface area contributed by atoms with E-state index in [4.69, 9.17) is 9.47 Å². The molecule has 2 fully saturated rings. The van der Waals surface area contributed by atoms with Crippen LogP contribution < -0.4 is 0 Å². The van der Waals surface area contributed by atoms with E-state index in [1.54, 1.807) is 31.2 Å². The van der Waals surface area contributed by atoms with Gasteiger partial charge in [0.25, 0.3) is 5.79 Å².